The summed E-state index contributed by atoms with van der Waals surface area (Å²) in [5.41, 5.74) is 2.60. The van der Waals surface area contributed by atoms with Gasteiger partial charge in [-0.3, -0.25) is 0 Å². The van der Waals surface area contributed by atoms with E-state index in [4.69, 9.17) is 0 Å². The normalized spacial score (nSPS) is 15.4. The molecule has 0 saturated heterocycles. The lowest BCUT2D eigenvalue weighted by atomic mass is 10.2. The van der Waals surface area contributed by atoms with Crippen molar-refractivity contribution >= 4 is 21.6 Å². The Morgan fingerprint density at radius 1 is 1.15 bits per heavy atom. The summed E-state index contributed by atoms with van der Waals surface area (Å²) in [6, 6.07) is 6.52. The van der Waals surface area contributed by atoms with Gasteiger partial charge >= 0.3 is 0 Å². The third-order valence-electron chi connectivity index (χ3n) is 2.21. The van der Waals surface area contributed by atoms with E-state index in [2.05, 4.69) is 58.1 Å². The fourth-order valence-corrected chi connectivity index (χ4v) is 2.18. The molecule has 1 aliphatic heterocycles. The summed E-state index contributed by atoms with van der Waals surface area (Å²) in [5.74, 6) is 0. The zero-order chi connectivity index (χ0) is 9.26. The van der Waals surface area contributed by atoms with Crippen LogP contribution in [-0.2, 0) is 0 Å². The van der Waals surface area contributed by atoms with Crippen molar-refractivity contribution in [3.05, 3.63) is 40.4 Å². The van der Waals surface area contributed by atoms with Crippen LogP contribution in [0.1, 0.15) is 5.56 Å². The van der Waals surface area contributed by atoms with E-state index < -0.39 is 0 Å². The van der Waals surface area contributed by atoms with Gasteiger partial charge in [-0.1, -0.05) is 28.1 Å². The molecule has 0 amide bonds. The average molecular weight is 238 g/mol. The van der Waals surface area contributed by atoms with E-state index in [1.165, 1.54) is 11.3 Å². The highest BCUT2D eigenvalue weighted by Gasteiger charge is 2.07. The van der Waals surface area contributed by atoms with Gasteiger partial charge in [0.15, 0.2) is 0 Å². The highest BCUT2D eigenvalue weighted by atomic mass is 79.9. The quantitative estimate of drug-likeness (QED) is 0.679. The second kappa shape index (κ2) is 3.54. The van der Waals surface area contributed by atoms with Gasteiger partial charge in [-0.05, 0) is 30.7 Å². The molecule has 0 fully saturated rings. The predicted molar refractivity (Wildman–Crippen MR) is 60.2 cm³/mol. The topological polar surface area (TPSA) is 3.24 Å². The van der Waals surface area contributed by atoms with Gasteiger partial charge in [0.1, 0.15) is 0 Å². The molecular formula is C11H12BrN. The largest absolute Gasteiger partial charge is 0.364 e. The lowest BCUT2D eigenvalue weighted by Crippen LogP contribution is -2.18. The van der Waals surface area contributed by atoms with E-state index in [9.17, 15) is 0 Å². The fourth-order valence-electron chi connectivity index (χ4n) is 1.59. The molecule has 1 aromatic carbocycles. The molecule has 1 aromatic rings. The summed E-state index contributed by atoms with van der Waals surface area (Å²) >= 11 is 3.51. The first kappa shape index (κ1) is 8.82. The number of halogens is 1. The summed E-state index contributed by atoms with van der Waals surface area (Å²) in [6.07, 6.45) is 4.41. The van der Waals surface area contributed by atoms with Gasteiger partial charge in [-0.15, -0.1) is 0 Å². The fraction of sp³-hybridized carbons (Fsp3) is 0.273. The first-order valence-electron chi connectivity index (χ1n) is 4.43. The number of hydrogen-bond donors (Lipinski definition) is 0. The van der Waals surface area contributed by atoms with Crippen molar-refractivity contribution in [1.29, 1.82) is 0 Å². The SMILES string of the molecule is Cc1cc(Br)cc(N2CC=CC2)c1. The number of rotatable bonds is 1. The van der Waals surface area contributed by atoms with Gasteiger partial charge in [-0.2, -0.15) is 0 Å². The van der Waals surface area contributed by atoms with E-state index >= 15 is 0 Å². The number of benzene rings is 1. The van der Waals surface area contributed by atoms with Gasteiger partial charge in [0.25, 0.3) is 0 Å². The molecule has 0 aliphatic carbocycles. The summed E-state index contributed by atoms with van der Waals surface area (Å²) < 4.78 is 1.16. The highest BCUT2D eigenvalue weighted by Crippen LogP contribution is 2.23. The van der Waals surface area contributed by atoms with Crippen LogP contribution in [0, 0.1) is 6.92 Å². The predicted octanol–water partition coefficient (Wildman–Crippen LogP) is 3.13. The van der Waals surface area contributed by atoms with E-state index in [-0.39, 0.29) is 0 Å². The van der Waals surface area contributed by atoms with E-state index in [0.29, 0.717) is 0 Å². The average Bonchev–Trinajstić information content (AvgIpc) is 2.53. The number of hydrogen-bond acceptors (Lipinski definition) is 1. The minimum absolute atomic E-state index is 1.04. The molecule has 1 aliphatic rings. The van der Waals surface area contributed by atoms with Crippen molar-refractivity contribution in [3.63, 3.8) is 0 Å². The van der Waals surface area contributed by atoms with Crippen LogP contribution in [0.4, 0.5) is 5.69 Å². The number of anilines is 1. The minimum atomic E-state index is 1.04. The molecular weight excluding hydrogens is 226 g/mol. The Balaban J connectivity index is 2.29. The van der Waals surface area contributed by atoms with E-state index in [1.54, 1.807) is 0 Å². The van der Waals surface area contributed by atoms with Gasteiger partial charge in [0.05, 0.1) is 0 Å². The third kappa shape index (κ3) is 1.94. The van der Waals surface area contributed by atoms with Crippen LogP contribution in [0.25, 0.3) is 0 Å². The summed E-state index contributed by atoms with van der Waals surface area (Å²) in [5, 5.41) is 0. The van der Waals surface area contributed by atoms with Crippen LogP contribution in [0.5, 0.6) is 0 Å². The molecule has 68 valence electrons. The van der Waals surface area contributed by atoms with Crippen molar-refractivity contribution in [2.24, 2.45) is 0 Å². The maximum atomic E-state index is 3.51. The molecule has 0 bridgehead atoms. The number of aryl methyl sites for hydroxylation is 1. The van der Waals surface area contributed by atoms with Crippen LogP contribution < -0.4 is 4.90 Å². The van der Waals surface area contributed by atoms with Crippen LogP contribution >= 0.6 is 15.9 Å². The van der Waals surface area contributed by atoms with Crippen LogP contribution in [-0.4, -0.2) is 13.1 Å². The Labute approximate surface area is 87.2 Å². The molecule has 2 heteroatoms. The second-order valence-corrected chi connectivity index (χ2v) is 4.28. The zero-order valence-electron chi connectivity index (χ0n) is 7.63. The van der Waals surface area contributed by atoms with Gasteiger partial charge in [-0.25, -0.2) is 0 Å². The molecule has 2 rings (SSSR count). The Hall–Kier alpha value is -0.760. The maximum Gasteiger partial charge on any atom is 0.0385 e. The third-order valence-corrected chi connectivity index (χ3v) is 2.67. The molecule has 0 unspecified atom stereocenters. The molecule has 0 atom stereocenters. The maximum absolute atomic E-state index is 3.51. The molecule has 0 N–H and O–H groups in total. The summed E-state index contributed by atoms with van der Waals surface area (Å²) in [6.45, 7) is 4.20. The Kier molecular flexibility index (Phi) is 2.40. The van der Waals surface area contributed by atoms with Crippen molar-refractivity contribution < 1.29 is 0 Å². The first-order chi connectivity index (χ1) is 6.25. The molecule has 1 heterocycles. The molecule has 0 aromatic heterocycles. The van der Waals surface area contributed by atoms with Crippen molar-refractivity contribution in [2.45, 2.75) is 6.92 Å². The monoisotopic (exact) mass is 237 g/mol. The second-order valence-electron chi connectivity index (χ2n) is 3.36. The minimum Gasteiger partial charge on any atom is -0.364 e. The number of nitrogens with zero attached hydrogens (tertiary/aromatic N) is 1. The smallest absolute Gasteiger partial charge is 0.0385 e. The molecule has 0 saturated carbocycles. The van der Waals surface area contributed by atoms with Gasteiger partial charge < -0.3 is 4.90 Å². The van der Waals surface area contributed by atoms with Crippen LogP contribution in [0.15, 0.2) is 34.8 Å². The van der Waals surface area contributed by atoms with Crippen molar-refractivity contribution in [1.82, 2.24) is 0 Å². The van der Waals surface area contributed by atoms with Crippen LogP contribution in [0.2, 0.25) is 0 Å². The Morgan fingerprint density at radius 2 is 1.85 bits per heavy atom. The molecule has 0 spiro atoms. The molecule has 13 heavy (non-hydrogen) atoms. The Bertz CT molecular complexity index is 316. The van der Waals surface area contributed by atoms with E-state index in [1.807, 2.05) is 0 Å². The lowest BCUT2D eigenvalue weighted by Gasteiger charge is -2.18. The summed E-state index contributed by atoms with van der Waals surface area (Å²) in [7, 11) is 0. The van der Waals surface area contributed by atoms with Gasteiger partial charge in [0.2, 0.25) is 0 Å². The molecule has 1 nitrogen and oxygen atoms in total. The van der Waals surface area contributed by atoms with E-state index in [0.717, 1.165) is 17.6 Å². The zero-order valence-corrected chi connectivity index (χ0v) is 9.21. The highest BCUT2D eigenvalue weighted by molar-refractivity contribution is 9.10. The first-order valence-corrected chi connectivity index (χ1v) is 5.22. The van der Waals surface area contributed by atoms with Crippen molar-refractivity contribution in [3.8, 4) is 0 Å². The summed E-state index contributed by atoms with van der Waals surface area (Å²) in [4.78, 5) is 2.34. The Morgan fingerprint density at radius 3 is 2.46 bits per heavy atom. The molecule has 0 radical (unpaired) electrons. The van der Waals surface area contributed by atoms with Crippen molar-refractivity contribution in [2.75, 3.05) is 18.0 Å². The standard InChI is InChI=1S/C11H12BrN/c1-9-6-10(12)8-11(7-9)13-4-2-3-5-13/h2-3,6-8H,4-5H2,1H3. The van der Waals surface area contributed by atoms with Crippen LogP contribution in [0.3, 0.4) is 0 Å². The van der Waals surface area contributed by atoms with Gasteiger partial charge in [0, 0.05) is 23.2 Å². The lowest BCUT2D eigenvalue weighted by molar-refractivity contribution is 1.00.